The van der Waals surface area contributed by atoms with Crippen LogP contribution in [-0.2, 0) is 19.1 Å². The van der Waals surface area contributed by atoms with Crippen molar-refractivity contribution in [3.05, 3.63) is 76.5 Å². The molecule has 0 unspecified atom stereocenters. The normalized spacial score (nSPS) is 14.9. The van der Waals surface area contributed by atoms with E-state index in [0.29, 0.717) is 17.1 Å². The molecule has 4 aromatic rings. The van der Waals surface area contributed by atoms with Crippen LogP contribution in [0.3, 0.4) is 0 Å². The number of rotatable bonds is 7. The molecular weight excluding hydrogens is 452 g/mol. The van der Waals surface area contributed by atoms with E-state index in [2.05, 4.69) is 21.4 Å². The van der Waals surface area contributed by atoms with Gasteiger partial charge in [0.25, 0.3) is 5.56 Å². The van der Waals surface area contributed by atoms with Gasteiger partial charge in [0, 0.05) is 48.2 Å². The second-order valence-electron chi connectivity index (χ2n) is 10.3. The van der Waals surface area contributed by atoms with E-state index in [9.17, 15) is 9.90 Å². The SMILES string of the molecule is Cn1cc(-c2cc(C(C)(C)O)ccc2Oc2ccc(CCC3CCNCC3)cn2)c2cc[nH]c2c1=O. The van der Waals surface area contributed by atoms with Crippen LogP contribution in [0, 0.1) is 5.92 Å². The Morgan fingerprint density at radius 2 is 1.94 bits per heavy atom. The summed E-state index contributed by atoms with van der Waals surface area (Å²) < 4.78 is 7.84. The summed E-state index contributed by atoms with van der Waals surface area (Å²) in [5.41, 5.74) is 3.00. The molecule has 3 N–H and O–H groups in total. The van der Waals surface area contributed by atoms with E-state index in [1.54, 1.807) is 31.7 Å². The average molecular weight is 487 g/mol. The van der Waals surface area contributed by atoms with E-state index < -0.39 is 5.60 Å². The van der Waals surface area contributed by atoms with Gasteiger partial charge in [-0.15, -0.1) is 0 Å². The van der Waals surface area contributed by atoms with Crippen LogP contribution in [0.15, 0.2) is 59.8 Å². The lowest BCUT2D eigenvalue weighted by atomic mass is 9.92. The quantitative estimate of drug-likeness (QED) is 0.346. The summed E-state index contributed by atoms with van der Waals surface area (Å²) in [5.74, 6) is 1.90. The van der Waals surface area contributed by atoms with Crippen molar-refractivity contribution in [1.82, 2.24) is 19.9 Å². The number of benzene rings is 1. The minimum atomic E-state index is -1.03. The zero-order chi connectivity index (χ0) is 25.3. The van der Waals surface area contributed by atoms with Gasteiger partial charge in [-0.25, -0.2) is 4.98 Å². The highest BCUT2D eigenvalue weighted by molar-refractivity contribution is 5.96. The Labute approximate surface area is 211 Å². The lowest BCUT2D eigenvalue weighted by Gasteiger charge is -2.22. The van der Waals surface area contributed by atoms with Gasteiger partial charge in [-0.1, -0.05) is 12.1 Å². The van der Waals surface area contributed by atoms with E-state index in [-0.39, 0.29) is 5.56 Å². The summed E-state index contributed by atoms with van der Waals surface area (Å²) in [6, 6.07) is 11.5. The van der Waals surface area contributed by atoms with Crippen LogP contribution >= 0.6 is 0 Å². The maximum absolute atomic E-state index is 12.6. The fourth-order valence-corrected chi connectivity index (χ4v) is 4.97. The van der Waals surface area contributed by atoms with Crippen molar-refractivity contribution in [2.45, 2.75) is 45.1 Å². The summed E-state index contributed by atoms with van der Waals surface area (Å²) in [7, 11) is 1.73. The van der Waals surface area contributed by atoms with Crippen molar-refractivity contribution in [1.29, 1.82) is 0 Å². The summed E-state index contributed by atoms with van der Waals surface area (Å²) in [5, 5.41) is 14.9. The fraction of sp³-hybridized carbons (Fsp3) is 0.379. The fourth-order valence-electron chi connectivity index (χ4n) is 4.97. The Bertz CT molecular complexity index is 1410. The number of aromatic nitrogens is 3. The molecule has 7 heteroatoms. The predicted molar refractivity (Wildman–Crippen MR) is 142 cm³/mol. The van der Waals surface area contributed by atoms with E-state index in [0.717, 1.165) is 47.5 Å². The second kappa shape index (κ2) is 9.91. The zero-order valence-corrected chi connectivity index (χ0v) is 21.2. The molecule has 1 aliphatic heterocycles. The number of aromatic amines is 1. The molecule has 1 aliphatic rings. The number of H-pyrrole nitrogens is 1. The minimum absolute atomic E-state index is 0.0957. The highest BCUT2D eigenvalue weighted by atomic mass is 16.5. The monoisotopic (exact) mass is 486 g/mol. The van der Waals surface area contributed by atoms with E-state index in [1.165, 1.54) is 24.8 Å². The van der Waals surface area contributed by atoms with E-state index in [4.69, 9.17) is 4.74 Å². The highest BCUT2D eigenvalue weighted by Gasteiger charge is 2.21. The Hall–Kier alpha value is -3.42. The number of fused-ring (bicyclic) bond motifs is 1. The van der Waals surface area contributed by atoms with Crippen LogP contribution in [-0.4, -0.2) is 32.7 Å². The number of nitrogens with zero attached hydrogens (tertiary/aromatic N) is 2. The molecule has 0 amide bonds. The molecule has 3 aromatic heterocycles. The average Bonchev–Trinajstić information content (AvgIpc) is 3.37. The molecular formula is C29H34N4O3. The van der Waals surface area contributed by atoms with Gasteiger partial charge in [0.05, 0.1) is 5.60 Å². The van der Waals surface area contributed by atoms with Gasteiger partial charge < -0.3 is 24.7 Å². The van der Waals surface area contributed by atoms with Crippen LogP contribution in [0.4, 0.5) is 0 Å². The Morgan fingerprint density at radius 3 is 2.67 bits per heavy atom. The standard InChI is InChI=1S/C29H34N4O3/c1-29(2,35)21-7-8-25(23(16-21)24-18-33(3)28(34)27-22(24)12-15-31-27)36-26-9-6-20(17-32-26)5-4-19-10-13-30-14-11-19/h6-9,12,15-19,30-31,35H,4-5,10-11,13-14H2,1-3H3. The summed E-state index contributed by atoms with van der Waals surface area (Å²) in [6.45, 7) is 5.75. The molecule has 0 atom stereocenters. The molecule has 0 bridgehead atoms. The van der Waals surface area contributed by atoms with Crippen LogP contribution in [0.5, 0.6) is 11.6 Å². The van der Waals surface area contributed by atoms with Crippen LogP contribution in [0.2, 0.25) is 0 Å². The van der Waals surface area contributed by atoms with Gasteiger partial charge in [-0.2, -0.15) is 0 Å². The van der Waals surface area contributed by atoms with E-state index in [1.807, 2.05) is 42.7 Å². The number of hydrogen-bond donors (Lipinski definition) is 3. The molecule has 7 nitrogen and oxygen atoms in total. The number of hydrogen-bond acceptors (Lipinski definition) is 5. The van der Waals surface area contributed by atoms with Crippen molar-refractivity contribution in [3.8, 4) is 22.8 Å². The first-order valence-electron chi connectivity index (χ1n) is 12.7. The molecule has 0 aliphatic carbocycles. The van der Waals surface area contributed by atoms with E-state index >= 15 is 0 Å². The first-order valence-corrected chi connectivity index (χ1v) is 12.7. The predicted octanol–water partition coefficient (Wildman–Crippen LogP) is 4.88. The van der Waals surface area contributed by atoms with Crippen LogP contribution < -0.4 is 15.6 Å². The van der Waals surface area contributed by atoms with Gasteiger partial charge in [-0.05, 0) is 87.9 Å². The molecule has 4 heterocycles. The number of piperidine rings is 1. The topological polar surface area (TPSA) is 92.2 Å². The Morgan fingerprint density at radius 1 is 1.14 bits per heavy atom. The van der Waals surface area contributed by atoms with Crippen molar-refractivity contribution in [2.24, 2.45) is 13.0 Å². The third kappa shape index (κ3) is 5.08. The lowest BCUT2D eigenvalue weighted by molar-refractivity contribution is 0.0786. The smallest absolute Gasteiger partial charge is 0.274 e. The van der Waals surface area contributed by atoms with Crippen molar-refractivity contribution in [3.63, 3.8) is 0 Å². The molecule has 36 heavy (non-hydrogen) atoms. The van der Waals surface area contributed by atoms with Crippen molar-refractivity contribution >= 4 is 10.9 Å². The highest BCUT2D eigenvalue weighted by Crippen LogP contribution is 2.38. The van der Waals surface area contributed by atoms with Crippen LogP contribution in [0.1, 0.15) is 44.2 Å². The molecule has 0 radical (unpaired) electrons. The zero-order valence-electron chi connectivity index (χ0n) is 21.2. The van der Waals surface area contributed by atoms with Gasteiger partial charge in [0.2, 0.25) is 5.88 Å². The molecule has 1 saturated heterocycles. The summed E-state index contributed by atoms with van der Waals surface area (Å²) >= 11 is 0. The summed E-state index contributed by atoms with van der Waals surface area (Å²) in [4.78, 5) is 20.2. The number of aryl methyl sites for hydroxylation is 2. The number of pyridine rings is 2. The molecule has 1 fully saturated rings. The minimum Gasteiger partial charge on any atom is -0.438 e. The van der Waals surface area contributed by atoms with Gasteiger partial charge in [0.1, 0.15) is 11.3 Å². The Kier molecular flexibility index (Phi) is 6.69. The van der Waals surface area contributed by atoms with Gasteiger partial charge in [-0.3, -0.25) is 4.79 Å². The second-order valence-corrected chi connectivity index (χ2v) is 10.3. The third-order valence-corrected chi connectivity index (χ3v) is 7.18. The lowest BCUT2D eigenvalue weighted by Crippen LogP contribution is -2.27. The van der Waals surface area contributed by atoms with Gasteiger partial charge in [0.15, 0.2) is 0 Å². The largest absolute Gasteiger partial charge is 0.438 e. The molecule has 0 saturated carbocycles. The first-order chi connectivity index (χ1) is 17.3. The maximum Gasteiger partial charge on any atom is 0.274 e. The van der Waals surface area contributed by atoms with Crippen LogP contribution in [0.25, 0.3) is 22.0 Å². The van der Waals surface area contributed by atoms with Crippen molar-refractivity contribution < 1.29 is 9.84 Å². The molecule has 0 spiro atoms. The number of aliphatic hydroxyl groups is 1. The van der Waals surface area contributed by atoms with Gasteiger partial charge >= 0.3 is 0 Å². The third-order valence-electron chi connectivity index (χ3n) is 7.18. The van der Waals surface area contributed by atoms with Crippen molar-refractivity contribution in [2.75, 3.05) is 13.1 Å². The first kappa shape index (κ1) is 24.3. The summed E-state index contributed by atoms with van der Waals surface area (Å²) in [6.07, 6.45) is 10.2. The Balaban J connectivity index is 1.45. The number of ether oxygens (including phenoxy) is 1. The molecule has 188 valence electrons. The number of nitrogens with one attached hydrogen (secondary N) is 2. The molecule has 1 aromatic carbocycles. The molecule has 5 rings (SSSR count). The maximum atomic E-state index is 12.6.